The van der Waals surface area contributed by atoms with Crippen molar-refractivity contribution in [3.63, 3.8) is 0 Å². The first kappa shape index (κ1) is 10.1. The van der Waals surface area contributed by atoms with E-state index in [0.29, 0.717) is 10.6 Å². The molecule has 2 rings (SSSR count). The van der Waals surface area contributed by atoms with Gasteiger partial charge in [-0.3, -0.25) is 4.79 Å². The molecule has 78 valence electrons. The van der Waals surface area contributed by atoms with Gasteiger partial charge in [-0.1, -0.05) is 23.9 Å². The Bertz CT molecular complexity index is 413. The minimum absolute atomic E-state index is 0.121. The van der Waals surface area contributed by atoms with Crippen LogP contribution in [-0.2, 0) is 4.79 Å². The summed E-state index contributed by atoms with van der Waals surface area (Å²) in [7, 11) is 0. The molecule has 5 heteroatoms. The number of nitrogens with two attached hydrogens (primary N) is 2. The lowest BCUT2D eigenvalue weighted by molar-refractivity contribution is -0.116. The quantitative estimate of drug-likeness (QED) is 0.482. The second-order valence-electron chi connectivity index (χ2n) is 3.19. The number of rotatable bonds is 1. The summed E-state index contributed by atoms with van der Waals surface area (Å²) in [5, 5.41) is 2.61. The highest BCUT2D eigenvalue weighted by molar-refractivity contribution is 8.05. The highest BCUT2D eigenvalue weighted by atomic mass is 32.2. The zero-order chi connectivity index (χ0) is 10.8. The first-order valence-electron chi connectivity index (χ1n) is 4.45. The van der Waals surface area contributed by atoms with Crippen LogP contribution >= 0.6 is 11.8 Å². The minimum Gasteiger partial charge on any atom is -0.399 e. The van der Waals surface area contributed by atoms with Gasteiger partial charge < -0.3 is 16.8 Å². The summed E-state index contributed by atoms with van der Waals surface area (Å²) in [6, 6.07) is 7.31. The van der Waals surface area contributed by atoms with Crippen LogP contribution in [0, 0.1) is 0 Å². The third-order valence-electron chi connectivity index (χ3n) is 1.99. The smallest absolute Gasteiger partial charge is 0.259 e. The topological polar surface area (TPSA) is 81.1 Å². The average Bonchev–Trinajstić information content (AvgIpc) is 2.49. The van der Waals surface area contributed by atoms with Crippen molar-refractivity contribution in [3.8, 4) is 0 Å². The van der Waals surface area contributed by atoms with Gasteiger partial charge in [0.05, 0.1) is 4.91 Å². The summed E-state index contributed by atoms with van der Waals surface area (Å²) >= 11 is 1.32. The molecule has 0 spiro atoms. The fourth-order valence-corrected chi connectivity index (χ4v) is 2.07. The molecule has 1 aliphatic heterocycles. The second-order valence-corrected chi connectivity index (χ2v) is 4.37. The van der Waals surface area contributed by atoms with Crippen molar-refractivity contribution in [2.75, 3.05) is 5.73 Å². The Morgan fingerprint density at radius 1 is 1.33 bits per heavy atom. The fraction of sp³-hybridized carbons (Fsp3) is 0.100. The zero-order valence-corrected chi connectivity index (χ0v) is 8.75. The van der Waals surface area contributed by atoms with Crippen LogP contribution in [0.1, 0.15) is 5.56 Å². The van der Waals surface area contributed by atoms with Crippen LogP contribution in [0.2, 0.25) is 0 Å². The molecule has 1 unspecified atom stereocenters. The number of hydrogen-bond donors (Lipinski definition) is 3. The minimum atomic E-state index is -0.336. The van der Waals surface area contributed by atoms with Crippen molar-refractivity contribution in [1.29, 1.82) is 0 Å². The van der Waals surface area contributed by atoms with E-state index in [1.807, 2.05) is 12.1 Å². The van der Waals surface area contributed by atoms with Gasteiger partial charge in [0, 0.05) is 5.69 Å². The Morgan fingerprint density at radius 3 is 2.53 bits per heavy atom. The van der Waals surface area contributed by atoms with E-state index in [0.717, 1.165) is 5.56 Å². The van der Waals surface area contributed by atoms with Crippen molar-refractivity contribution >= 4 is 29.4 Å². The zero-order valence-electron chi connectivity index (χ0n) is 7.94. The maximum atomic E-state index is 11.4. The number of benzene rings is 1. The molecule has 0 radical (unpaired) electrons. The molecule has 15 heavy (non-hydrogen) atoms. The van der Waals surface area contributed by atoms with E-state index >= 15 is 0 Å². The van der Waals surface area contributed by atoms with Crippen molar-refractivity contribution in [3.05, 3.63) is 34.7 Å². The Hall–Kier alpha value is -1.46. The number of hydrogen-bond acceptors (Lipinski definition) is 4. The van der Waals surface area contributed by atoms with Gasteiger partial charge in [0.2, 0.25) is 0 Å². The van der Waals surface area contributed by atoms with Gasteiger partial charge >= 0.3 is 0 Å². The molecular weight excluding hydrogens is 210 g/mol. The highest BCUT2D eigenvalue weighted by Crippen LogP contribution is 2.26. The predicted molar refractivity (Wildman–Crippen MR) is 62.5 cm³/mol. The maximum absolute atomic E-state index is 11.4. The van der Waals surface area contributed by atoms with Gasteiger partial charge in [0.1, 0.15) is 5.50 Å². The van der Waals surface area contributed by atoms with E-state index in [9.17, 15) is 4.79 Å². The summed E-state index contributed by atoms with van der Waals surface area (Å²) in [5.74, 6) is -0.121. The van der Waals surface area contributed by atoms with E-state index < -0.39 is 0 Å². The first-order valence-corrected chi connectivity index (χ1v) is 5.33. The molecule has 5 N–H and O–H groups in total. The molecule has 1 atom stereocenters. The van der Waals surface area contributed by atoms with Gasteiger partial charge in [0.15, 0.2) is 0 Å². The van der Waals surface area contributed by atoms with Crippen LogP contribution in [0.3, 0.4) is 0 Å². The number of anilines is 1. The van der Waals surface area contributed by atoms with Crippen LogP contribution < -0.4 is 16.8 Å². The SMILES string of the molecule is Nc1ccc(/C=C2/SC(N)NC2=O)cc1. The highest BCUT2D eigenvalue weighted by Gasteiger charge is 2.23. The Morgan fingerprint density at radius 2 is 2.00 bits per heavy atom. The van der Waals surface area contributed by atoms with Crippen molar-refractivity contribution in [2.45, 2.75) is 5.50 Å². The van der Waals surface area contributed by atoms with Gasteiger partial charge in [-0.15, -0.1) is 0 Å². The van der Waals surface area contributed by atoms with E-state index in [-0.39, 0.29) is 11.4 Å². The van der Waals surface area contributed by atoms with Crippen molar-refractivity contribution in [1.82, 2.24) is 5.32 Å². The molecule has 0 bridgehead atoms. The summed E-state index contributed by atoms with van der Waals surface area (Å²) in [6.45, 7) is 0. The number of carbonyl (C=O) groups excluding carboxylic acids is 1. The molecule has 0 saturated carbocycles. The molecule has 1 aromatic carbocycles. The van der Waals surface area contributed by atoms with Crippen molar-refractivity contribution in [2.24, 2.45) is 5.73 Å². The third kappa shape index (κ3) is 2.31. The molecule has 0 aliphatic carbocycles. The molecule has 4 nitrogen and oxygen atoms in total. The first-order chi connectivity index (χ1) is 7.15. The van der Waals surface area contributed by atoms with E-state index in [1.165, 1.54) is 11.8 Å². The van der Waals surface area contributed by atoms with Gasteiger partial charge in [-0.25, -0.2) is 0 Å². The van der Waals surface area contributed by atoms with E-state index in [1.54, 1.807) is 18.2 Å². The molecule has 1 aromatic rings. The summed E-state index contributed by atoms with van der Waals surface area (Å²) < 4.78 is 0. The number of carbonyl (C=O) groups is 1. The van der Waals surface area contributed by atoms with Crippen LogP contribution in [0.15, 0.2) is 29.2 Å². The normalized spacial score (nSPS) is 23.1. The average molecular weight is 221 g/mol. The van der Waals surface area contributed by atoms with Crippen LogP contribution in [-0.4, -0.2) is 11.4 Å². The second kappa shape index (κ2) is 3.96. The lowest BCUT2D eigenvalue weighted by Crippen LogP contribution is -2.31. The van der Waals surface area contributed by atoms with Crippen LogP contribution in [0.5, 0.6) is 0 Å². The summed E-state index contributed by atoms with van der Waals surface area (Å²) in [4.78, 5) is 12.0. The Kier molecular flexibility index (Phi) is 2.66. The fourth-order valence-electron chi connectivity index (χ4n) is 1.26. The lowest BCUT2D eigenvalue weighted by atomic mass is 10.2. The molecule has 1 heterocycles. The van der Waals surface area contributed by atoms with Gasteiger partial charge in [-0.2, -0.15) is 0 Å². The predicted octanol–water partition coefficient (Wildman–Crippen LogP) is 0.715. The number of nitrogen functional groups attached to an aromatic ring is 1. The van der Waals surface area contributed by atoms with Crippen LogP contribution in [0.25, 0.3) is 6.08 Å². The Balaban J connectivity index is 2.23. The molecule has 1 aliphatic rings. The summed E-state index contributed by atoms with van der Waals surface area (Å²) in [6.07, 6.45) is 1.80. The largest absolute Gasteiger partial charge is 0.399 e. The Labute approximate surface area is 91.7 Å². The lowest BCUT2D eigenvalue weighted by Gasteiger charge is -1.96. The molecule has 1 amide bonds. The molecule has 1 fully saturated rings. The van der Waals surface area contributed by atoms with E-state index in [2.05, 4.69) is 5.32 Å². The molecule has 1 saturated heterocycles. The van der Waals surface area contributed by atoms with E-state index in [4.69, 9.17) is 11.5 Å². The molecule has 0 aromatic heterocycles. The van der Waals surface area contributed by atoms with Gasteiger partial charge in [0.25, 0.3) is 5.91 Å². The monoisotopic (exact) mass is 221 g/mol. The molecular formula is C10H11N3OS. The maximum Gasteiger partial charge on any atom is 0.259 e. The summed E-state index contributed by atoms with van der Waals surface area (Å²) in [5.41, 5.74) is 12.4. The van der Waals surface area contributed by atoms with Crippen LogP contribution in [0.4, 0.5) is 5.69 Å². The number of amides is 1. The number of thioether (sulfide) groups is 1. The standard InChI is InChI=1S/C10H11N3OS/c11-7-3-1-6(2-4-7)5-8-9(14)13-10(12)15-8/h1-5,10H,11-12H2,(H,13,14)/b8-5+. The number of nitrogens with one attached hydrogen (secondary N) is 1. The van der Waals surface area contributed by atoms with Crippen molar-refractivity contribution < 1.29 is 4.79 Å². The third-order valence-corrected chi connectivity index (χ3v) is 2.91. The van der Waals surface area contributed by atoms with Gasteiger partial charge in [-0.05, 0) is 23.8 Å².